The SMILES string of the molecule is Cc1cccc(Cc2ccc(CCC(=O)Cc3cc(C(F)(F)F)cc(C)c3O)cc2C)c1. The summed E-state index contributed by atoms with van der Waals surface area (Å²) in [6.45, 7) is 5.51. The van der Waals surface area contributed by atoms with Crippen molar-refractivity contribution in [1.29, 1.82) is 0 Å². The smallest absolute Gasteiger partial charge is 0.416 e. The average Bonchev–Trinajstić information content (AvgIpc) is 2.71. The molecule has 3 aromatic carbocycles. The Bertz CT molecular complexity index is 1130. The van der Waals surface area contributed by atoms with E-state index in [0.717, 1.165) is 29.7 Å². The Morgan fingerprint density at radius 2 is 1.62 bits per heavy atom. The lowest BCUT2D eigenvalue weighted by molar-refractivity contribution is -0.137. The van der Waals surface area contributed by atoms with E-state index in [1.807, 2.05) is 19.1 Å². The van der Waals surface area contributed by atoms with Gasteiger partial charge in [0.1, 0.15) is 11.5 Å². The predicted molar refractivity (Wildman–Crippen MR) is 120 cm³/mol. The molecule has 0 aliphatic carbocycles. The van der Waals surface area contributed by atoms with Crippen LogP contribution in [0.15, 0.2) is 54.6 Å². The molecule has 3 aromatic rings. The molecule has 0 aliphatic heterocycles. The van der Waals surface area contributed by atoms with E-state index in [0.29, 0.717) is 6.42 Å². The second-order valence-electron chi connectivity index (χ2n) is 8.44. The summed E-state index contributed by atoms with van der Waals surface area (Å²) in [6.07, 6.45) is -3.20. The third-order valence-corrected chi connectivity index (χ3v) is 5.67. The van der Waals surface area contributed by atoms with Crippen molar-refractivity contribution in [2.75, 3.05) is 0 Å². The van der Waals surface area contributed by atoms with E-state index in [-0.39, 0.29) is 35.5 Å². The molecule has 0 heterocycles. The number of ketones is 1. The molecule has 0 aliphatic rings. The molecule has 0 bridgehead atoms. The van der Waals surface area contributed by atoms with Gasteiger partial charge in [0.05, 0.1) is 5.56 Å². The molecule has 32 heavy (non-hydrogen) atoms. The van der Waals surface area contributed by atoms with Gasteiger partial charge in [0.25, 0.3) is 0 Å². The number of hydrogen-bond acceptors (Lipinski definition) is 2. The van der Waals surface area contributed by atoms with Gasteiger partial charge in [-0.05, 0) is 73.6 Å². The first-order chi connectivity index (χ1) is 15.0. The highest BCUT2D eigenvalue weighted by atomic mass is 19.4. The fraction of sp³-hybridized carbons (Fsp3) is 0.296. The van der Waals surface area contributed by atoms with Crippen LogP contribution in [0.2, 0.25) is 0 Å². The molecular weight excluding hydrogens is 413 g/mol. The van der Waals surface area contributed by atoms with E-state index in [4.69, 9.17) is 0 Å². The highest BCUT2D eigenvalue weighted by Crippen LogP contribution is 2.34. The second-order valence-corrected chi connectivity index (χ2v) is 8.44. The zero-order valence-corrected chi connectivity index (χ0v) is 18.5. The number of carbonyl (C=O) groups excluding carboxylic acids is 1. The van der Waals surface area contributed by atoms with E-state index in [9.17, 15) is 23.1 Å². The van der Waals surface area contributed by atoms with Crippen molar-refractivity contribution in [2.45, 2.75) is 52.6 Å². The zero-order chi connectivity index (χ0) is 23.5. The van der Waals surface area contributed by atoms with E-state index in [2.05, 4.69) is 37.3 Å². The van der Waals surface area contributed by atoms with Gasteiger partial charge in [-0.25, -0.2) is 0 Å². The molecule has 0 saturated carbocycles. The topological polar surface area (TPSA) is 37.3 Å². The Balaban J connectivity index is 1.64. The number of aryl methyl sites for hydroxylation is 4. The first-order valence-corrected chi connectivity index (χ1v) is 10.6. The summed E-state index contributed by atoms with van der Waals surface area (Å²) in [5, 5.41) is 10.1. The predicted octanol–water partition coefficient (Wildman–Crippen LogP) is 6.67. The number of rotatable bonds is 7. The summed E-state index contributed by atoms with van der Waals surface area (Å²) < 4.78 is 39.1. The lowest BCUT2D eigenvalue weighted by Gasteiger charge is -2.13. The minimum Gasteiger partial charge on any atom is -0.507 e. The van der Waals surface area contributed by atoms with Gasteiger partial charge in [0.15, 0.2) is 0 Å². The van der Waals surface area contributed by atoms with Crippen LogP contribution in [-0.2, 0) is 30.2 Å². The number of alkyl halides is 3. The maximum Gasteiger partial charge on any atom is 0.416 e. The van der Waals surface area contributed by atoms with Gasteiger partial charge in [0, 0.05) is 18.4 Å². The summed E-state index contributed by atoms with van der Waals surface area (Å²) in [7, 11) is 0. The number of carbonyl (C=O) groups is 1. The number of phenolic OH excluding ortho intramolecular Hbond substituents is 1. The molecule has 3 rings (SSSR count). The van der Waals surface area contributed by atoms with E-state index < -0.39 is 11.7 Å². The van der Waals surface area contributed by atoms with Gasteiger partial charge in [-0.15, -0.1) is 0 Å². The monoisotopic (exact) mass is 440 g/mol. The molecule has 1 N–H and O–H groups in total. The van der Waals surface area contributed by atoms with Crippen molar-refractivity contribution < 1.29 is 23.1 Å². The molecule has 0 spiro atoms. The molecule has 0 saturated heterocycles. The van der Waals surface area contributed by atoms with Crippen molar-refractivity contribution in [3.8, 4) is 5.75 Å². The van der Waals surface area contributed by atoms with Crippen molar-refractivity contribution in [3.63, 3.8) is 0 Å². The van der Waals surface area contributed by atoms with Crippen LogP contribution in [0.5, 0.6) is 5.75 Å². The van der Waals surface area contributed by atoms with Crippen LogP contribution < -0.4 is 0 Å². The summed E-state index contributed by atoms with van der Waals surface area (Å²) in [5.41, 5.74) is 5.11. The Morgan fingerprint density at radius 3 is 2.28 bits per heavy atom. The maximum atomic E-state index is 13.0. The van der Waals surface area contributed by atoms with Gasteiger partial charge in [0.2, 0.25) is 0 Å². The Kier molecular flexibility index (Phi) is 7.07. The summed E-state index contributed by atoms with van der Waals surface area (Å²) in [4.78, 5) is 12.4. The lowest BCUT2D eigenvalue weighted by atomic mass is 9.95. The maximum absolute atomic E-state index is 13.0. The molecule has 0 atom stereocenters. The average molecular weight is 441 g/mol. The normalized spacial score (nSPS) is 11.6. The molecule has 0 unspecified atom stereocenters. The largest absolute Gasteiger partial charge is 0.507 e. The van der Waals surface area contributed by atoms with Gasteiger partial charge >= 0.3 is 6.18 Å². The summed E-state index contributed by atoms with van der Waals surface area (Å²) in [6, 6.07) is 16.3. The summed E-state index contributed by atoms with van der Waals surface area (Å²) >= 11 is 0. The highest BCUT2D eigenvalue weighted by Gasteiger charge is 2.32. The van der Waals surface area contributed by atoms with Crippen LogP contribution >= 0.6 is 0 Å². The van der Waals surface area contributed by atoms with Crippen molar-refractivity contribution in [2.24, 2.45) is 0 Å². The van der Waals surface area contributed by atoms with Crippen LogP contribution in [-0.4, -0.2) is 10.9 Å². The molecule has 2 nitrogen and oxygen atoms in total. The van der Waals surface area contributed by atoms with Gasteiger partial charge in [-0.1, -0.05) is 48.0 Å². The number of aromatic hydroxyl groups is 1. The third-order valence-electron chi connectivity index (χ3n) is 5.67. The number of phenols is 1. The van der Waals surface area contributed by atoms with Gasteiger partial charge in [-0.2, -0.15) is 13.2 Å². The quantitative estimate of drug-likeness (QED) is 0.445. The third kappa shape index (κ3) is 6.00. The van der Waals surface area contributed by atoms with E-state index >= 15 is 0 Å². The number of Topliss-reactive ketones (excluding diaryl/α,β-unsaturated/α-hetero) is 1. The number of hydrogen-bond donors (Lipinski definition) is 1. The van der Waals surface area contributed by atoms with Crippen molar-refractivity contribution >= 4 is 5.78 Å². The molecule has 0 amide bonds. The Hall–Kier alpha value is -3.08. The van der Waals surface area contributed by atoms with E-state index in [1.165, 1.54) is 23.6 Å². The van der Waals surface area contributed by atoms with Gasteiger partial charge < -0.3 is 5.11 Å². The number of halogens is 3. The second kappa shape index (κ2) is 9.60. The standard InChI is InChI=1S/C27H27F3O2/c1-17-5-4-6-21(11-17)14-22-9-7-20(12-18(22)2)8-10-25(31)16-23-15-24(27(28,29)30)13-19(3)26(23)32/h4-7,9,11-13,15,32H,8,10,14,16H2,1-3H3. The van der Waals surface area contributed by atoms with Gasteiger partial charge in [-0.3, -0.25) is 4.79 Å². The minimum atomic E-state index is -4.52. The van der Waals surface area contributed by atoms with Crippen LogP contribution in [0, 0.1) is 20.8 Å². The zero-order valence-electron chi connectivity index (χ0n) is 18.5. The number of benzene rings is 3. The van der Waals surface area contributed by atoms with E-state index in [1.54, 1.807) is 0 Å². The molecule has 0 radical (unpaired) electrons. The fourth-order valence-corrected chi connectivity index (χ4v) is 3.89. The molecule has 168 valence electrons. The summed E-state index contributed by atoms with van der Waals surface area (Å²) in [5.74, 6) is -0.455. The molecular formula is C27H27F3O2. The lowest BCUT2D eigenvalue weighted by Crippen LogP contribution is -2.09. The molecule has 5 heteroatoms. The first kappa shape index (κ1) is 23.6. The Labute approximate surface area is 186 Å². The van der Waals surface area contributed by atoms with Crippen molar-refractivity contribution in [3.05, 3.63) is 99.1 Å². The van der Waals surface area contributed by atoms with Crippen LogP contribution in [0.1, 0.15) is 50.9 Å². The highest BCUT2D eigenvalue weighted by molar-refractivity contribution is 5.82. The molecule has 0 aromatic heterocycles. The molecule has 0 fully saturated rings. The van der Waals surface area contributed by atoms with Crippen molar-refractivity contribution in [1.82, 2.24) is 0 Å². The first-order valence-electron chi connectivity index (χ1n) is 10.6. The van der Waals surface area contributed by atoms with Crippen LogP contribution in [0.4, 0.5) is 13.2 Å². The Morgan fingerprint density at radius 1 is 0.875 bits per heavy atom. The van der Waals surface area contributed by atoms with Crippen LogP contribution in [0.3, 0.4) is 0 Å². The minimum absolute atomic E-state index is 0.0204. The van der Waals surface area contributed by atoms with Crippen LogP contribution in [0.25, 0.3) is 0 Å². The fourth-order valence-electron chi connectivity index (χ4n) is 3.89.